The first-order valence-corrected chi connectivity index (χ1v) is 8.94. The van der Waals surface area contributed by atoms with E-state index >= 15 is 0 Å². The molecule has 4 rings (SSSR count). The van der Waals surface area contributed by atoms with Crippen LogP contribution < -0.4 is 10.2 Å². The van der Waals surface area contributed by atoms with Gasteiger partial charge in [0.25, 0.3) is 11.6 Å². The Morgan fingerprint density at radius 3 is 2.53 bits per heavy atom. The molecule has 30 heavy (non-hydrogen) atoms. The number of carbonyl (C=O) groups excluding carboxylic acids is 2. The van der Waals surface area contributed by atoms with Crippen LogP contribution in [0.2, 0.25) is 0 Å². The molecule has 0 saturated carbocycles. The van der Waals surface area contributed by atoms with E-state index in [-0.39, 0.29) is 16.9 Å². The molecular weight excluding hydrogens is 386 g/mol. The lowest BCUT2D eigenvalue weighted by atomic mass is 10.00. The second-order valence-electron chi connectivity index (χ2n) is 6.45. The molecule has 9 nitrogen and oxygen atoms in total. The molecule has 148 valence electrons. The van der Waals surface area contributed by atoms with Gasteiger partial charge in [-0.25, -0.2) is 9.88 Å². The molecule has 0 unspecified atom stereocenters. The average molecular weight is 401 g/mol. The molecule has 0 fully saturated rings. The molecule has 1 N–H and O–H groups in total. The molecule has 0 atom stereocenters. The summed E-state index contributed by atoms with van der Waals surface area (Å²) in [5, 5.41) is 14.3. The summed E-state index contributed by atoms with van der Waals surface area (Å²) in [6, 6.07) is 13.1. The summed E-state index contributed by atoms with van der Waals surface area (Å²) in [6.07, 6.45) is 4.53. The molecule has 0 aliphatic carbocycles. The van der Waals surface area contributed by atoms with E-state index in [1.54, 1.807) is 12.1 Å². The number of nitro groups is 1. The molecule has 3 aromatic rings. The predicted molar refractivity (Wildman–Crippen MR) is 110 cm³/mol. The zero-order valence-electron chi connectivity index (χ0n) is 15.8. The van der Waals surface area contributed by atoms with Gasteiger partial charge in [-0.05, 0) is 11.6 Å². The fourth-order valence-corrected chi connectivity index (χ4v) is 3.30. The number of anilines is 2. The number of imide groups is 1. The van der Waals surface area contributed by atoms with Crippen molar-refractivity contribution >= 4 is 40.3 Å². The Balaban J connectivity index is 1.98. The number of benzene rings is 2. The zero-order chi connectivity index (χ0) is 21.3. The molecule has 1 aliphatic rings. The van der Waals surface area contributed by atoms with E-state index in [1.807, 2.05) is 18.2 Å². The number of hydrogen-bond donors (Lipinski definition) is 1. The lowest BCUT2D eigenvalue weighted by Gasteiger charge is -2.14. The molecule has 1 aromatic heterocycles. The number of amides is 2. The lowest BCUT2D eigenvalue weighted by molar-refractivity contribution is -0.384. The van der Waals surface area contributed by atoms with Crippen LogP contribution in [0.25, 0.3) is 11.3 Å². The SMILES string of the molecule is CC(=O)N1C(=O)/C(=C(\Nc2cnccn2)c2ccccc2)c2ccc([N+](=O)[O-])cc21. The van der Waals surface area contributed by atoms with Crippen LogP contribution in [0, 0.1) is 10.1 Å². The number of carbonyl (C=O) groups is 2. The van der Waals surface area contributed by atoms with E-state index in [2.05, 4.69) is 15.3 Å². The van der Waals surface area contributed by atoms with Gasteiger partial charge in [-0.3, -0.25) is 24.7 Å². The number of fused-ring (bicyclic) bond motifs is 1. The van der Waals surface area contributed by atoms with E-state index in [0.717, 1.165) is 4.90 Å². The number of nitro benzene ring substituents is 1. The summed E-state index contributed by atoms with van der Waals surface area (Å²) in [4.78, 5) is 45.3. The highest BCUT2D eigenvalue weighted by atomic mass is 16.6. The molecular formula is C21H15N5O4. The third-order valence-electron chi connectivity index (χ3n) is 4.56. The summed E-state index contributed by atoms with van der Waals surface area (Å²) < 4.78 is 0. The van der Waals surface area contributed by atoms with Crippen molar-refractivity contribution in [3.8, 4) is 0 Å². The van der Waals surface area contributed by atoms with Gasteiger partial charge in [0, 0.05) is 37.0 Å². The van der Waals surface area contributed by atoms with E-state index in [9.17, 15) is 19.7 Å². The van der Waals surface area contributed by atoms with Crippen LogP contribution in [-0.4, -0.2) is 26.7 Å². The van der Waals surface area contributed by atoms with Gasteiger partial charge in [0.15, 0.2) is 0 Å². The molecule has 0 spiro atoms. The normalized spacial score (nSPS) is 14.3. The third-order valence-corrected chi connectivity index (χ3v) is 4.56. The van der Waals surface area contributed by atoms with Crippen LogP contribution in [0.4, 0.5) is 17.2 Å². The molecule has 0 radical (unpaired) electrons. The highest BCUT2D eigenvalue weighted by Gasteiger charge is 2.38. The topological polar surface area (TPSA) is 118 Å². The van der Waals surface area contributed by atoms with Gasteiger partial charge in [0.05, 0.1) is 28.1 Å². The van der Waals surface area contributed by atoms with Gasteiger partial charge in [0.1, 0.15) is 5.82 Å². The van der Waals surface area contributed by atoms with Crippen molar-refractivity contribution in [2.24, 2.45) is 0 Å². The Bertz CT molecular complexity index is 1190. The van der Waals surface area contributed by atoms with E-state index in [4.69, 9.17) is 0 Å². The van der Waals surface area contributed by atoms with Crippen molar-refractivity contribution in [2.45, 2.75) is 6.92 Å². The number of nitrogens with one attached hydrogen (secondary N) is 1. The van der Waals surface area contributed by atoms with Crippen LogP contribution in [-0.2, 0) is 9.59 Å². The Morgan fingerprint density at radius 2 is 1.90 bits per heavy atom. The maximum absolute atomic E-state index is 13.3. The molecule has 9 heteroatoms. The van der Waals surface area contributed by atoms with Crippen molar-refractivity contribution in [3.63, 3.8) is 0 Å². The van der Waals surface area contributed by atoms with E-state index in [1.165, 1.54) is 43.7 Å². The van der Waals surface area contributed by atoms with E-state index < -0.39 is 16.7 Å². The maximum atomic E-state index is 13.3. The van der Waals surface area contributed by atoms with Gasteiger partial charge in [-0.2, -0.15) is 0 Å². The summed E-state index contributed by atoms with van der Waals surface area (Å²) in [5.74, 6) is -0.710. The fourth-order valence-electron chi connectivity index (χ4n) is 3.30. The van der Waals surface area contributed by atoms with Crippen LogP contribution in [0.3, 0.4) is 0 Å². The quantitative estimate of drug-likeness (QED) is 0.405. The summed E-state index contributed by atoms with van der Waals surface area (Å²) in [7, 11) is 0. The summed E-state index contributed by atoms with van der Waals surface area (Å²) >= 11 is 0. The van der Waals surface area contributed by atoms with Crippen LogP contribution >= 0.6 is 0 Å². The Hall–Kier alpha value is -4.40. The van der Waals surface area contributed by atoms with Crippen molar-refractivity contribution in [2.75, 3.05) is 10.2 Å². The first kappa shape index (κ1) is 18.9. The number of nitrogens with zero attached hydrogens (tertiary/aromatic N) is 4. The zero-order valence-corrected chi connectivity index (χ0v) is 15.8. The molecule has 2 aromatic carbocycles. The summed E-state index contributed by atoms with van der Waals surface area (Å²) in [6.45, 7) is 1.24. The fraction of sp³-hybridized carbons (Fsp3) is 0.0476. The first-order chi connectivity index (χ1) is 14.5. The number of aromatic nitrogens is 2. The van der Waals surface area contributed by atoms with Gasteiger partial charge >= 0.3 is 0 Å². The molecule has 0 saturated heterocycles. The largest absolute Gasteiger partial charge is 0.338 e. The smallest absolute Gasteiger partial charge is 0.271 e. The van der Waals surface area contributed by atoms with E-state index in [0.29, 0.717) is 22.6 Å². The summed E-state index contributed by atoms with van der Waals surface area (Å²) in [5.41, 5.74) is 1.69. The van der Waals surface area contributed by atoms with Gasteiger partial charge in [-0.1, -0.05) is 30.3 Å². The van der Waals surface area contributed by atoms with Crippen LogP contribution in [0.15, 0.2) is 67.1 Å². The monoisotopic (exact) mass is 401 g/mol. The van der Waals surface area contributed by atoms with Gasteiger partial charge in [-0.15, -0.1) is 0 Å². The minimum absolute atomic E-state index is 0.172. The number of rotatable bonds is 4. The maximum Gasteiger partial charge on any atom is 0.271 e. The van der Waals surface area contributed by atoms with Crippen LogP contribution in [0.5, 0.6) is 0 Å². The molecule has 1 aliphatic heterocycles. The minimum atomic E-state index is -0.576. The Kier molecular flexibility index (Phi) is 4.77. The molecule has 0 bridgehead atoms. The van der Waals surface area contributed by atoms with Gasteiger partial charge < -0.3 is 5.32 Å². The van der Waals surface area contributed by atoms with Crippen molar-refractivity contribution in [3.05, 3.63) is 88.4 Å². The van der Waals surface area contributed by atoms with Crippen molar-refractivity contribution in [1.82, 2.24) is 9.97 Å². The number of hydrogen-bond acceptors (Lipinski definition) is 7. The lowest BCUT2D eigenvalue weighted by Crippen LogP contribution is -2.31. The first-order valence-electron chi connectivity index (χ1n) is 8.94. The highest BCUT2D eigenvalue weighted by molar-refractivity contribution is 6.43. The number of non-ortho nitro benzene ring substituents is 1. The highest BCUT2D eigenvalue weighted by Crippen LogP contribution is 2.42. The predicted octanol–water partition coefficient (Wildman–Crippen LogP) is 3.26. The molecule has 2 heterocycles. The second-order valence-corrected chi connectivity index (χ2v) is 6.45. The second kappa shape index (κ2) is 7.55. The Morgan fingerprint density at radius 1 is 1.13 bits per heavy atom. The standard InChI is InChI=1S/C21H15N5O4/c1-13(27)25-17-11-15(26(29)30)7-8-16(17)19(21(25)28)20(14-5-3-2-4-6-14)24-18-12-22-9-10-23-18/h2-12H,1H3,(H,23,24)/b20-19-. The van der Waals surface area contributed by atoms with Crippen LogP contribution in [0.1, 0.15) is 18.1 Å². The third kappa shape index (κ3) is 3.28. The average Bonchev–Trinajstić information content (AvgIpc) is 3.04. The minimum Gasteiger partial charge on any atom is -0.338 e. The van der Waals surface area contributed by atoms with Gasteiger partial charge in [0.2, 0.25) is 5.91 Å². The Labute approximate surface area is 170 Å². The van der Waals surface area contributed by atoms with Crippen molar-refractivity contribution < 1.29 is 14.5 Å². The van der Waals surface area contributed by atoms with Crippen molar-refractivity contribution in [1.29, 1.82) is 0 Å². The molecule has 2 amide bonds.